The fourth-order valence-electron chi connectivity index (χ4n) is 2.42. The van der Waals surface area contributed by atoms with Crippen LogP contribution in [0.25, 0.3) is 21.0 Å². The second kappa shape index (κ2) is 4.79. The summed E-state index contributed by atoms with van der Waals surface area (Å²) in [7, 11) is 0. The molecule has 4 aromatic rings. The maximum Gasteiger partial charge on any atom is 0.221 e. The number of benzene rings is 3. The molecular weight excluding hydrogens is 278 g/mol. The Labute approximate surface area is 125 Å². The first-order chi connectivity index (χ1) is 10.3. The summed E-state index contributed by atoms with van der Waals surface area (Å²) in [6.07, 6.45) is 0. The number of nitrogens with zero attached hydrogens (tertiary/aromatic N) is 1. The summed E-state index contributed by atoms with van der Waals surface area (Å²) < 4.78 is 1.04. The average Bonchev–Trinajstić information content (AvgIpc) is 2.97. The molecule has 0 radical (unpaired) electrons. The van der Waals surface area contributed by atoms with Gasteiger partial charge in [-0.3, -0.25) is 4.79 Å². The summed E-state index contributed by atoms with van der Waals surface area (Å²) in [6, 6.07) is 21.7. The number of carbonyl (C=O) groups excluding carboxylic acids is 1. The molecule has 0 N–H and O–H groups in total. The Morgan fingerprint density at radius 3 is 2.48 bits per heavy atom. The first-order valence-electron chi connectivity index (χ1n) is 6.70. The van der Waals surface area contributed by atoms with Crippen LogP contribution in [0.15, 0.2) is 66.7 Å². The van der Waals surface area contributed by atoms with Gasteiger partial charge in [-0.25, -0.2) is 4.98 Å². The highest BCUT2D eigenvalue weighted by Crippen LogP contribution is 2.25. The SMILES string of the molecule is O=C(c1ccc2ccccc2c1)c1nc2ccccc2s1. The Bertz CT molecular complexity index is 938. The maximum atomic E-state index is 12.6. The molecule has 0 saturated carbocycles. The fourth-order valence-corrected chi connectivity index (χ4v) is 3.35. The molecule has 0 aliphatic heterocycles. The largest absolute Gasteiger partial charge is 0.286 e. The zero-order valence-corrected chi connectivity index (χ0v) is 11.9. The molecule has 0 amide bonds. The summed E-state index contributed by atoms with van der Waals surface area (Å²) in [5.41, 5.74) is 1.57. The number of para-hydroxylation sites is 1. The van der Waals surface area contributed by atoms with E-state index in [1.807, 2.05) is 66.7 Å². The lowest BCUT2D eigenvalue weighted by Crippen LogP contribution is -2.00. The van der Waals surface area contributed by atoms with Crippen molar-refractivity contribution in [3.05, 3.63) is 77.3 Å². The molecule has 1 aromatic heterocycles. The molecule has 0 aliphatic rings. The minimum Gasteiger partial charge on any atom is -0.286 e. The lowest BCUT2D eigenvalue weighted by Gasteiger charge is -2.01. The summed E-state index contributed by atoms with van der Waals surface area (Å²) in [6.45, 7) is 0. The molecule has 3 aromatic carbocycles. The van der Waals surface area contributed by atoms with E-state index in [9.17, 15) is 4.79 Å². The van der Waals surface area contributed by atoms with E-state index in [1.54, 1.807) is 0 Å². The highest BCUT2D eigenvalue weighted by molar-refractivity contribution is 7.20. The molecule has 0 aliphatic carbocycles. The van der Waals surface area contributed by atoms with Crippen molar-refractivity contribution in [3.8, 4) is 0 Å². The minimum atomic E-state index is -0.0121. The predicted molar refractivity (Wildman–Crippen MR) is 87.0 cm³/mol. The van der Waals surface area contributed by atoms with Gasteiger partial charge in [0.2, 0.25) is 5.78 Å². The van der Waals surface area contributed by atoms with Crippen molar-refractivity contribution < 1.29 is 4.79 Å². The number of fused-ring (bicyclic) bond motifs is 2. The third-order valence-corrected chi connectivity index (χ3v) is 4.53. The highest BCUT2D eigenvalue weighted by Gasteiger charge is 2.14. The standard InChI is InChI=1S/C18H11NOS/c20-17(18-19-15-7-3-4-8-16(15)21-18)14-10-9-12-5-1-2-6-13(12)11-14/h1-11H. The number of carbonyl (C=O) groups is 1. The predicted octanol–water partition coefficient (Wildman–Crippen LogP) is 4.68. The quantitative estimate of drug-likeness (QED) is 0.501. The lowest BCUT2D eigenvalue weighted by molar-refractivity contribution is 0.103. The highest BCUT2D eigenvalue weighted by atomic mass is 32.1. The van der Waals surface area contributed by atoms with Gasteiger partial charge in [0.15, 0.2) is 5.01 Å². The molecule has 3 heteroatoms. The number of rotatable bonds is 2. The third-order valence-electron chi connectivity index (χ3n) is 3.50. The monoisotopic (exact) mass is 289 g/mol. The van der Waals surface area contributed by atoms with E-state index >= 15 is 0 Å². The van der Waals surface area contributed by atoms with E-state index < -0.39 is 0 Å². The van der Waals surface area contributed by atoms with Crippen LogP contribution < -0.4 is 0 Å². The van der Waals surface area contributed by atoms with Crippen molar-refractivity contribution in [2.24, 2.45) is 0 Å². The van der Waals surface area contributed by atoms with Gasteiger partial charge in [0.05, 0.1) is 10.2 Å². The number of hydrogen-bond acceptors (Lipinski definition) is 3. The van der Waals surface area contributed by atoms with E-state index in [4.69, 9.17) is 0 Å². The smallest absolute Gasteiger partial charge is 0.221 e. The molecule has 0 spiro atoms. The van der Waals surface area contributed by atoms with Crippen molar-refractivity contribution in [1.29, 1.82) is 0 Å². The summed E-state index contributed by atoms with van der Waals surface area (Å²) in [5.74, 6) is -0.0121. The van der Waals surface area contributed by atoms with Crippen molar-refractivity contribution in [2.45, 2.75) is 0 Å². The van der Waals surface area contributed by atoms with Crippen molar-refractivity contribution in [3.63, 3.8) is 0 Å². The maximum absolute atomic E-state index is 12.6. The molecule has 0 bridgehead atoms. The van der Waals surface area contributed by atoms with Gasteiger partial charge in [0.25, 0.3) is 0 Å². The van der Waals surface area contributed by atoms with E-state index in [1.165, 1.54) is 11.3 Å². The van der Waals surface area contributed by atoms with E-state index in [0.717, 1.165) is 21.0 Å². The topological polar surface area (TPSA) is 30.0 Å². The molecule has 0 unspecified atom stereocenters. The van der Waals surface area contributed by atoms with Gasteiger partial charge in [-0.2, -0.15) is 0 Å². The second-order valence-electron chi connectivity index (χ2n) is 4.88. The Hall–Kier alpha value is -2.52. The van der Waals surface area contributed by atoms with Crippen LogP contribution in [0.2, 0.25) is 0 Å². The van der Waals surface area contributed by atoms with Crippen LogP contribution in [-0.2, 0) is 0 Å². The summed E-state index contributed by atoms with van der Waals surface area (Å²) in [5, 5.41) is 2.76. The van der Waals surface area contributed by atoms with Crippen LogP contribution in [-0.4, -0.2) is 10.8 Å². The Morgan fingerprint density at radius 2 is 1.62 bits per heavy atom. The normalized spacial score (nSPS) is 11.0. The van der Waals surface area contributed by atoms with Gasteiger partial charge in [-0.05, 0) is 29.0 Å². The van der Waals surface area contributed by atoms with Gasteiger partial charge >= 0.3 is 0 Å². The van der Waals surface area contributed by atoms with Crippen molar-refractivity contribution in [1.82, 2.24) is 4.98 Å². The fraction of sp³-hybridized carbons (Fsp3) is 0. The van der Waals surface area contributed by atoms with Crippen LogP contribution in [0.3, 0.4) is 0 Å². The lowest BCUT2D eigenvalue weighted by atomic mass is 10.0. The first-order valence-corrected chi connectivity index (χ1v) is 7.52. The third kappa shape index (κ3) is 2.12. The zero-order chi connectivity index (χ0) is 14.2. The number of thiazole rings is 1. The van der Waals surface area contributed by atoms with Crippen LogP contribution >= 0.6 is 11.3 Å². The van der Waals surface area contributed by atoms with Gasteiger partial charge in [-0.1, -0.05) is 48.5 Å². The zero-order valence-electron chi connectivity index (χ0n) is 11.1. The van der Waals surface area contributed by atoms with Gasteiger partial charge < -0.3 is 0 Å². The molecule has 0 atom stereocenters. The van der Waals surface area contributed by atoms with Crippen LogP contribution in [0.5, 0.6) is 0 Å². The Morgan fingerprint density at radius 1 is 0.857 bits per heavy atom. The van der Waals surface area contributed by atoms with Gasteiger partial charge in [0.1, 0.15) is 0 Å². The first kappa shape index (κ1) is 12.2. The molecule has 0 saturated heterocycles. The molecule has 4 rings (SSSR count). The Kier molecular flexibility index (Phi) is 2.79. The number of hydrogen-bond donors (Lipinski definition) is 0. The average molecular weight is 289 g/mol. The summed E-state index contributed by atoms with van der Waals surface area (Å²) >= 11 is 1.44. The molecule has 0 fully saturated rings. The number of ketones is 1. The van der Waals surface area contributed by atoms with Gasteiger partial charge in [0, 0.05) is 5.56 Å². The van der Waals surface area contributed by atoms with Crippen LogP contribution in [0.1, 0.15) is 15.4 Å². The van der Waals surface area contributed by atoms with E-state index in [2.05, 4.69) is 4.98 Å². The number of aromatic nitrogens is 1. The van der Waals surface area contributed by atoms with Crippen molar-refractivity contribution >= 4 is 38.1 Å². The van der Waals surface area contributed by atoms with Gasteiger partial charge in [-0.15, -0.1) is 11.3 Å². The Balaban J connectivity index is 1.81. The molecular formula is C18H11NOS. The molecule has 1 heterocycles. The summed E-state index contributed by atoms with van der Waals surface area (Å²) in [4.78, 5) is 17.0. The molecule has 21 heavy (non-hydrogen) atoms. The molecule has 100 valence electrons. The van der Waals surface area contributed by atoms with Crippen molar-refractivity contribution in [2.75, 3.05) is 0 Å². The van der Waals surface area contributed by atoms with E-state index in [-0.39, 0.29) is 5.78 Å². The minimum absolute atomic E-state index is 0.0121. The van der Waals surface area contributed by atoms with Crippen LogP contribution in [0.4, 0.5) is 0 Å². The molecule has 2 nitrogen and oxygen atoms in total. The van der Waals surface area contributed by atoms with Crippen LogP contribution in [0, 0.1) is 0 Å². The van der Waals surface area contributed by atoms with E-state index in [0.29, 0.717) is 10.6 Å². The second-order valence-corrected chi connectivity index (χ2v) is 5.91.